The van der Waals surface area contributed by atoms with Crippen molar-refractivity contribution in [2.45, 2.75) is 44.7 Å². The quantitative estimate of drug-likeness (QED) is 0.343. The van der Waals surface area contributed by atoms with Crippen molar-refractivity contribution in [1.82, 2.24) is 15.1 Å². The lowest BCUT2D eigenvalue weighted by Gasteiger charge is -2.32. The summed E-state index contributed by atoms with van der Waals surface area (Å²) < 4.78 is 5.17. The predicted molar refractivity (Wildman–Crippen MR) is 165 cm³/mol. The largest absolute Gasteiger partial charge is 0.497 e. The van der Waals surface area contributed by atoms with Gasteiger partial charge >= 0.3 is 12.0 Å². The fourth-order valence-corrected chi connectivity index (χ4v) is 5.77. The fraction of sp³-hybridized carbons (Fsp3) is 0.353. The Morgan fingerprint density at radius 3 is 2.32 bits per heavy atom. The van der Waals surface area contributed by atoms with Gasteiger partial charge in [0.1, 0.15) is 11.8 Å². The number of aliphatic carboxylic acids is 1. The van der Waals surface area contributed by atoms with Gasteiger partial charge in [-0.2, -0.15) is 0 Å². The summed E-state index contributed by atoms with van der Waals surface area (Å²) in [5, 5.41) is 15.5. The molecule has 0 aliphatic carbocycles. The number of piperidine rings is 1. The van der Waals surface area contributed by atoms with Crippen LogP contribution in [0.3, 0.4) is 0 Å². The Balaban J connectivity index is 1.12. The Bertz CT molecular complexity index is 1490. The molecule has 2 aliphatic heterocycles. The average Bonchev–Trinajstić information content (AvgIpc) is 3.05. The first-order chi connectivity index (χ1) is 21.3. The van der Waals surface area contributed by atoms with Gasteiger partial charge in [-0.15, -0.1) is 0 Å². The highest BCUT2D eigenvalue weighted by Gasteiger charge is 2.31. The summed E-state index contributed by atoms with van der Waals surface area (Å²) in [6, 6.07) is 21.1. The lowest BCUT2D eigenvalue weighted by atomic mass is 9.95. The zero-order valence-electron chi connectivity index (χ0n) is 24.8. The van der Waals surface area contributed by atoms with Gasteiger partial charge in [-0.05, 0) is 65.8 Å². The molecule has 10 nitrogen and oxygen atoms in total. The van der Waals surface area contributed by atoms with Gasteiger partial charge in [0.2, 0.25) is 11.8 Å². The lowest BCUT2D eigenvalue weighted by Crippen LogP contribution is -2.50. The topological polar surface area (TPSA) is 128 Å². The van der Waals surface area contributed by atoms with Crippen LogP contribution in [-0.2, 0) is 40.2 Å². The molecule has 2 heterocycles. The predicted octanol–water partition coefficient (Wildman–Crippen LogP) is 3.88. The van der Waals surface area contributed by atoms with Crippen molar-refractivity contribution in [2.75, 3.05) is 32.1 Å². The minimum atomic E-state index is -1.13. The van der Waals surface area contributed by atoms with E-state index in [4.69, 9.17) is 4.74 Å². The molecule has 0 spiro atoms. The number of nitrogens with zero attached hydrogens (tertiary/aromatic N) is 2. The number of nitrogens with one attached hydrogen (secondary N) is 2. The number of fused-ring (bicyclic) bond motifs is 1. The van der Waals surface area contributed by atoms with Crippen molar-refractivity contribution in [2.24, 2.45) is 5.92 Å². The summed E-state index contributed by atoms with van der Waals surface area (Å²) in [4.78, 5) is 54.4. The third-order valence-corrected chi connectivity index (χ3v) is 8.34. The lowest BCUT2D eigenvalue weighted by molar-refractivity contribution is -0.143. The number of benzene rings is 3. The minimum Gasteiger partial charge on any atom is -0.497 e. The number of ether oxygens (including phenoxy) is 1. The van der Waals surface area contributed by atoms with E-state index in [0.717, 1.165) is 17.5 Å². The molecule has 0 saturated carbocycles. The number of hydrogen-bond acceptors (Lipinski definition) is 5. The van der Waals surface area contributed by atoms with E-state index < -0.39 is 17.9 Å². The van der Waals surface area contributed by atoms with Crippen molar-refractivity contribution < 1.29 is 29.0 Å². The number of carboxylic acids is 1. The van der Waals surface area contributed by atoms with Crippen LogP contribution in [0, 0.1) is 5.92 Å². The Kier molecular flexibility index (Phi) is 9.79. The van der Waals surface area contributed by atoms with Gasteiger partial charge in [-0.3, -0.25) is 9.59 Å². The third kappa shape index (κ3) is 7.75. The molecule has 0 radical (unpaired) electrons. The van der Waals surface area contributed by atoms with Gasteiger partial charge in [0.15, 0.2) is 0 Å². The molecule has 1 fully saturated rings. The number of carbonyl (C=O) groups excluding carboxylic acids is 3. The summed E-state index contributed by atoms with van der Waals surface area (Å²) in [5.74, 6) is -1.34. The van der Waals surface area contributed by atoms with Crippen molar-refractivity contribution in [1.29, 1.82) is 0 Å². The van der Waals surface area contributed by atoms with Gasteiger partial charge in [0.05, 0.1) is 19.4 Å². The van der Waals surface area contributed by atoms with Gasteiger partial charge < -0.3 is 30.3 Å². The first kappa shape index (κ1) is 30.6. The Morgan fingerprint density at radius 2 is 1.61 bits per heavy atom. The van der Waals surface area contributed by atoms with Gasteiger partial charge in [-0.1, -0.05) is 48.5 Å². The van der Waals surface area contributed by atoms with E-state index in [1.54, 1.807) is 53.3 Å². The highest BCUT2D eigenvalue weighted by atomic mass is 16.5. The van der Waals surface area contributed by atoms with E-state index in [-0.39, 0.29) is 37.2 Å². The molecule has 1 unspecified atom stereocenters. The first-order valence-corrected chi connectivity index (χ1v) is 14.9. The molecule has 3 aromatic rings. The summed E-state index contributed by atoms with van der Waals surface area (Å²) in [6.45, 7) is 2.01. The summed E-state index contributed by atoms with van der Waals surface area (Å²) in [7, 11) is 1.59. The molecule has 0 bridgehead atoms. The van der Waals surface area contributed by atoms with Crippen molar-refractivity contribution in [3.05, 3.63) is 95.1 Å². The van der Waals surface area contributed by atoms with Crippen LogP contribution < -0.4 is 15.4 Å². The molecule has 4 amide bonds. The number of carbonyl (C=O) groups is 4. The SMILES string of the molecule is COc1ccc(CC(=O)N2CCCC(C(=O)N[C@H](Cc3ccc(NC(=O)N4CCc5ccccc5C4)cc3)C(=O)O)C2)cc1. The number of methoxy groups -OCH3 is 1. The molecule has 230 valence electrons. The standard InChI is InChI=1S/C34H38N4O6/c1-44-29-14-10-24(11-15-29)20-31(39)37-17-4-7-27(22-37)32(40)36-30(33(41)42)19-23-8-12-28(13-9-23)35-34(43)38-18-16-25-5-2-3-6-26(25)21-38/h2-3,5-6,8-15,27,30H,4,7,16-22H2,1H3,(H,35,43)(H,36,40)(H,41,42)/t27?,30-/m1/s1. The van der Waals surface area contributed by atoms with E-state index >= 15 is 0 Å². The molecular formula is C34H38N4O6. The maximum Gasteiger partial charge on any atom is 0.326 e. The molecule has 3 aromatic carbocycles. The summed E-state index contributed by atoms with van der Waals surface area (Å²) in [5.41, 5.74) is 4.58. The van der Waals surface area contributed by atoms with Gasteiger partial charge in [0, 0.05) is 38.3 Å². The van der Waals surface area contributed by atoms with Crippen molar-refractivity contribution >= 4 is 29.5 Å². The van der Waals surface area contributed by atoms with E-state index in [0.29, 0.717) is 49.5 Å². The van der Waals surface area contributed by atoms with Crippen LogP contribution in [0.5, 0.6) is 5.75 Å². The number of carboxylic acid groups (broad SMARTS) is 1. The normalized spacial score (nSPS) is 16.8. The molecule has 0 aromatic heterocycles. The smallest absolute Gasteiger partial charge is 0.326 e. The second-order valence-electron chi connectivity index (χ2n) is 11.4. The highest BCUT2D eigenvalue weighted by Crippen LogP contribution is 2.21. The number of urea groups is 1. The first-order valence-electron chi connectivity index (χ1n) is 14.9. The van der Waals surface area contributed by atoms with Crippen molar-refractivity contribution in [3.63, 3.8) is 0 Å². The van der Waals surface area contributed by atoms with Crippen LogP contribution in [0.15, 0.2) is 72.8 Å². The second-order valence-corrected chi connectivity index (χ2v) is 11.4. The number of rotatable bonds is 9. The van der Waals surface area contributed by atoms with E-state index in [1.165, 1.54) is 5.56 Å². The van der Waals surface area contributed by atoms with Crippen LogP contribution in [-0.4, -0.2) is 71.5 Å². The van der Waals surface area contributed by atoms with Crippen LogP contribution >= 0.6 is 0 Å². The highest BCUT2D eigenvalue weighted by molar-refractivity contribution is 5.89. The number of likely N-dealkylation sites (tertiary alicyclic amines) is 1. The Morgan fingerprint density at radius 1 is 0.909 bits per heavy atom. The summed E-state index contributed by atoms with van der Waals surface area (Å²) >= 11 is 0. The van der Waals surface area contributed by atoms with E-state index in [9.17, 15) is 24.3 Å². The van der Waals surface area contributed by atoms with Gasteiger partial charge in [-0.25, -0.2) is 9.59 Å². The number of hydrogen-bond donors (Lipinski definition) is 3. The second kappa shape index (κ2) is 14.1. The molecule has 10 heteroatoms. The minimum absolute atomic E-state index is 0.0697. The van der Waals surface area contributed by atoms with Crippen LogP contribution in [0.1, 0.15) is 35.1 Å². The zero-order valence-corrected chi connectivity index (χ0v) is 24.8. The van der Waals surface area contributed by atoms with Crippen LogP contribution in [0.2, 0.25) is 0 Å². The summed E-state index contributed by atoms with van der Waals surface area (Å²) in [6.07, 6.45) is 2.37. The van der Waals surface area contributed by atoms with Gasteiger partial charge in [0.25, 0.3) is 0 Å². The molecule has 2 atom stereocenters. The maximum atomic E-state index is 13.1. The van der Waals surface area contributed by atoms with Crippen molar-refractivity contribution in [3.8, 4) is 5.75 Å². The number of amides is 4. The molecule has 3 N–H and O–H groups in total. The molecule has 44 heavy (non-hydrogen) atoms. The maximum absolute atomic E-state index is 13.1. The van der Waals surface area contributed by atoms with E-state index in [1.807, 2.05) is 30.3 Å². The van der Waals surface area contributed by atoms with Crippen LogP contribution in [0.25, 0.3) is 0 Å². The molecular weight excluding hydrogens is 560 g/mol. The van der Waals surface area contributed by atoms with Crippen LogP contribution in [0.4, 0.5) is 10.5 Å². The number of anilines is 1. The average molecular weight is 599 g/mol. The Labute approximate surface area is 257 Å². The Hall–Kier alpha value is -4.86. The molecule has 2 aliphatic rings. The third-order valence-electron chi connectivity index (χ3n) is 8.34. The fourth-order valence-electron chi connectivity index (χ4n) is 5.77. The molecule has 5 rings (SSSR count). The van der Waals surface area contributed by atoms with E-state index in [2.05, 4.69) is 16.7 Å². The molecule has 1 saturated heterocycles. The zero-order chi connectivity index (χ0) is 31.1. The monoisotopic (exact) mass is 598 g/mol.